The van der Waals surface area contributed by atoms with E-state index in [2.05, 4.69) is 15.8 Å². The minimum absolute atomic E-state index is 0.117. The molecule has 0 bridgehead atoms. The number of halogens is 1. The number of hydrogen-bond donors (Lipinski definition) is 2. The molecular weight excluding hydrogens is 389 g/mol. The molecular formula is C22H16FN3O4. The summed E-state index contributed by atoms with van der Waals surface area (Å²) in [6, 6.07) is 17.2. The van der Waals surface area contributed by atoms with Gasteiger partial charge in [0.2, 0.25) is 6.79 Å². The SMILES string of the molecule is O=C(Nc1ccccc1C(=O)N/N=C\c1ccc2c(c1)OCO2)c1ccccc1F. The van der Waals surface area contributed by atoms with Crippen molar-refractivity contribution < 1.29 is 23.5 Å². The van der Waals surface area contributed by atoms with Gasteiger partial charge >= 0.3 is 0 Å². The van der Waals surface area contributed by atoms with Crippen molar-refractivity contribution >= 4 is 23.7 Å². The van der Waals surface area contributed by atoms with Gasteiger partial charge in [0, 0.05) is 0 Å². The zero-order valence-corrected chi connectivity index (χ0v) is 15.6. The van der Waals surface area contributed by atoms with Gasteiger partial charge in [0.1, 0.15) is 5.82 Å². The molecule has 1 aliphatic rings. The van der Waals surface area contributed by atoms with Crippen LogP contribution < -0.4 is 20.2 Å². The predicted molar refractivity (Wildman–Crippen MR) is 108 cm³/mol. The number of amides is 2. The predicted octanol–water partition coefficient (Wildman–Crippen LogP) is 3.57. The number of hydrogen-bond acceptors (Lipinski definition) is 5. The number of hydrazone groups is 1. The van der Waals surface area contributed by atoms with Crippen LogP contribution >= 0.6 is 0 Å². The van der Waals surface area contributed by atoms with Gasteiger partial charge in [-0.3, -0.25) is 9.59 Å². The van der Waals surface area contributed by atoms with Gasteiger partial charge in [-0.2, -0.15) is 5.10 Å². The van der Waals surface area contributed by atoms with Crippen LogP contribution in [-0.4, -0.2) is 24.8 Å². The van der Waals surface area contributed by atoms with Gasteiger partial charge in [0.15, 0.2) is 11.5 Å². The van der Waals surface area contributed by atoms with Crippen LogP contribution in [0.4, 0.5) is 10.1 Å². The highest BCUT2D eigenvalue weighted by Crippen LogP contribution is 2.31. The summed E-state index contributed by atoms with van der Waals surface area (Å²) in [6.45, 7) is 0.169. The summed E-state index contributed by atoms with van der Waals surface area (Å²) >= 11 is 0. The van der Waals surface area contributed by atoms with Gasteiger partial charge in [-0.15, -0.1) is 0 Å². The van der Waals surface area contributed by atoms with Crippen molar-refractivity contribution in [3.63, 3.8) is 0 Å². The van der Waals surface area contributed by atoms with Crippen molar-refractivity contribution in [2.24, 2.45) is 5.10 Å². The van der Waals surface area contributed by atoms with Crippen LogP contribution in [-0.2, 0) is 0 Å². The fourth-order valence-electron chi connectivity index (χ4n) is 2.84. The second-order valence-electron chi connectivity index (χ2n) is 6.29. The third-order valence-electron chi connectivity index (χ3n) is 4.31. The van der Waals surface area contributed by atoms with Crippen molar-refractivity contribution in [1.82, 2.24) is 5.43 Å². The first-order valence-electron chi connectivity index (χ1n) is 9.00. The van der Waals surface area contributed by atoms with Crippen LogP contribution in [0.25, 0.3) is 0 Å². The molecule has 0 radical (unpaired) electrons. The minimum atomic E-state index is -0.655. The highest BCUT2D eigenvalue weighted by molar-refractivity contribution is 6.09. The lowest BCUT2D eigenvalue weighted by Gasteiger charge is -2.10. The maximum atomic E-state index is 13.8. The Balaban J connectivity index is 1.46. The van der Waals surface area contributed by atoms with E-state index in [9.17, 15) is 14.0 Å². The van der Waals surface area contributed by atoms with Gasteiger partial charge in [0.05, 0.1) is 23.0 Å². The molecule has 0 spiro atoms. The summed E-state index contributed by atoms with van der Waals surface area (Å²) in [5.74, 6) is -0.582. The molecule has 150 valence electrons. The first kappa shape index (κ1) is 19.1. The van der Waals surface area contributed by atoms with E-state index in [-0.39, 0.29) is 23.6 Å². The van der Waals surface area contributed by atoms with Crippen LogP contribution in [0.1, 0.15) is 26.3 Å². The lowest BCUT2D eigenvalue weighted by Crippen LogP contribution is -2.21. The molecule has 2 amide bonds. The molecule has 0 aliphatic carbocycles. The zero-order valence-electron chi connectivity index (χ0n) is 15.6. The highest BCUT2D eigenvalue weighted by atomic mass is 19.1. The van der Waals surface area contributed by atoms with E-state index in [1.54, 1.807) is 42.5 Å². The summed E-state index contributed by atoms with van der Waals surface area (Å²) in [4.78, 5) is 24.9. The summed E-state index contributed by atoms with van der Waals surface area (Å²) in [6.07, 6.45) is 1.46. The Kier molecular flexibility index (Phi) is 5.38. The van der Waals surface area contributed by atoms with Crippen molar-refractivity contribution in [2.75, 3.05) is 12.1 Å². The standard InChI is InChI=1S/C22H16FN3O4/c23-17-7-3-1-5-15(17)21(27)25-18-8-4-2-6-16(18)22(28)26-24-12-14-9-10-19-20(11-14)30-13-29-19/h1-12H,13H2,(H,25,27)(H,26,28)/b24-12-. The van der Waals surface area contributed by atoms with E-state index < -0.39 is 17.6 Å². The Hall–Kier alpha value is -4.20. The van der Waals surface area contributed by atoms with Crippen LogP contribution in [0.3, 0.4) is 0 Å². The highest BCUT2D eigenvalue weighted by Gasteiger charge is 2.16. The Labute approximate surface area is 171 Å². The topological polar surface area (TPSA) is 89.0 Å². The molecule has 8 heteroatoms. The number of ether oxygens (including phenoxy) is 2. The summed E-state index contributed by atoms with van der Waals surface area (Å²) in [5, 5.41) is 6.51. The number of carbonyl (C=O) groups excluding carboxylic acids is 2. The molecule has 7 nitrogen and oxygen atoms in total. The Morgan fingerprint density at radius 3 is 2.47 bits per heavy atom. The number of para-hydroxylation sites is 1. The molecule has 3 aromatic rings. The third kappa shape index (κ3) is 4.12. The van der Waals surface area contributed by atoms with Gasteiger partial charge in [0.25, 0.3) is 11.8 Å². The number of carbonyl (C=O) groups is 2. The molecule has 0 unspecified atom stereocenters. The van der Waals surface area contributed by atoms with Crippen LogP contribution in [0.15, 0.2) is 71.8 Å². The van der Waals surface area contributed by atoms with Gasteiger partial charge in [-0.1, -0.05) is 24.3 Å². The molecule has 3 aromatic carbocycles. The molecule has 0 atom stereocenters. The van der Waals surface area contributed by atoms with Gasteiger partial charge < -0.3 is 14.8 Å². The average Bonchev–Trinajstić information content (AvgIpc) is 3.22. The minimum Gasteiger partial charge on any atom is -0.454 e. The summed E-state index contributed by atoms with van der Waals surface area (Å²) < 4.78 is 24.4. The van der Waals surface area contributed by atoms with E-state index >= 15 is 0 Å². The summed E-state index contributed by atoms with van der Waals surface area (Å²) in [5.41, 5.74) is 3.43. The molecule has 0 saturated carbocycles. The molecule has 0 saturated heterocycles. The average molecular weight is 405 g/mol. The maximum Gasteiger partial charge on any atom is 0.273 e. The van der Waals surface area contributed by atoms with E-state index in [1.807, 2.05) is 0 Å². The Morgan fingerprint density at radius 1 is 0.900 bits per heavy atom. The molecule has 0 fully saturated rings. The van der Waals surface area contributed by atoms with E-state index in [1.165, 1.54) is 30.5 Å². The zero-order chi connectivity index (χ0) is 20.9. The lowest BCUT2D eigenvalue weighted by molar-refractivity contribution is 0.0956. The van der Waals surface area contributed by atoms with Crippen molar-refractivity contribution in [3.05, 3.63) is 89.2 Å². The molecule has 0 aromatic heterocycles. The second kappa shape index (κ2) is 8.44. The Bertz CT molecular complexity index is 1150. The normalized spacial score (nSPS) is 12.0. The molecule has 2 N–H and O–H groups in total. The number of anilines is 1. The molecule has 4 rings (SSSR count). The first-order chi connectivity index (χ1) is 14.6. The van der Waals surface area contributed by atoms with Crippen LogP contribution in [0, 0.1) is 5.82 Å². The fourth-order valence-corrected chi connectivity index (χ4v) is 2.84. The quantitative estimate of drug-likeness (QED) is 0.502. The van der Waals surface area contributed by atoms with Crippen molar-refractivity contribution in [2.45, 2.75) is 0 Å². The van der Waals surface area contributed by atoms with Crippen molar-refractivity contribution in [1.29, 1.82) is 0 Å². The first-order valence-corrected chi connectivity index (χ1v) is 9.00. The monoisotopic (exact) mass is 405 g/mol. The number of nitrogens with zero attached hydrogens (tertiary/aromatic N) is 1. The third-order valence-corrected chi connectivity index (χ3v) is 4.31. The van der Waals surface area contributed by atoms with Crippen molar-refractivity contribution in [3.8, 4) is 11.5 Å². The summed E-state index contributed by atoms with van der Waals surface area (Å²) in [7, 11) is 0. The number of fused-ring (bicyclic) bond motifs is 1. The lowest BCUT2D eigenvalue weighted by atomic mass is 10.1. The fraction of sp³-hybridized carbons (Fsp3) is 0.0455. The second-order valence-corrected chi connectivity index (χ2v) is 6.29. The molecule has 30 heavy (non-hydrogen) atoms. The molecule has 1 aliphatic heterocycles. The smallest absolute Gasteiger partial charge is 0.273 e. The number of rotatable bonds is 5. The van der Waals surface area contributed by atoms with Gasteiger partial charge in [-0.25, -0.2) is 9.82 Å². The van der Waals surface area contributed by atoms with E-state index in [4.69, 9.17) is 9.47 Å². The van der Waals surface area contributed by atoms with E-state index in [0.717, 1.165) is 0 Å². The Morgan fingerprint density at radius 2 is 1.63 bits per heavy atom. The van der Waals surface area contributed by atoms with Crippen LogP contribution in [0.5, 0.6) is 11.5 Å². The number of nitrogens with one attached hydrogen (secondary N) is 2. The van der Waals surface area contributed by atoms with Gasteiger partial charge in [-0.05, 0) is 48.0 Å². The largest absolute Gasteiger partial charge is 0.454 e. The molecule has 1 heterocycles. The van der Waals surface area contributed by atoms with Crippen LogP contribution in [0.2, 0.25) is 0 Å². The maximum absolute atomic E-state index is 13.8. The number of benzene rings is 3. The van der Waals surface area contributed by atoms with E-state index in [0.29, 0.717) is 17.1 Å².